The molecule has 0 bridgehead atoms. The first-order chi connectivity index (χ1) is 19.3. The molecule has 0 radical (unpaired) electrons. The zero-order valence-electron chi connectivity index (χ0n) is 23.7. The van der Waals surface area contributed by atoms with Crippen LogP contribution in [0.5, 0.6) is 5.75 Å². The molecule has 0 fully saturated rings. The van der Waals surface area contributed by atoms with Gasteiger partial charge < -0.3 is 15.0 Å². The van der Waals surface area contributed by atoms with Crippen LogP contribution in [0.25, 0.3) is 0 Å². The van der Waals surface area contributed by atoms with E-state index < -0.39 is 28.5 Å². The van der Waals surface area contributed by atoms with Crippen LogP contribution in [0.3, 0.4) is 0 Å². The molecule has 220 valence electrons. The van der Waals surface area contributed by atoms with Crippen LogP contribution < -0.4 is 14.4 Å². The summed E-state index contributed by atoms with van der Waals surface area (Å²) in [6.45, 7) is 8.84. The minimum atomic E-state index is -4.17. The Morgan fingerprint density at radius 3 is 2.12 bits per heavy atom. The minimum absolute atomic E-state index is 0.00407. The second-order valence-corrected chi connectivity index (χ2v) is 12.5. The molecule has 1 atom stereocenters. The molecule has 0 unspecified atom stereocenters. The second kappa shape index (κ2) is 14.1. The molecule has 0 saturated heterocycles. The number of carbonyl (C=O) groups is 2. The first-order valence-corrected chi connectivity index (χ1v) is 15.4. The van der Waals surface area contributed by atoms with E-state index in [1.54, 1.807) is 61.5 Å². The highest BCUT2D eigenvalue weighted by Gasteiger charge is 2.32. The van der Waals surface area contributed by atoms with Crippen molar-refractivity contribution >= 4 is 50.7 Å². The predicted octanol–water partition coefficient (Wildman–Crippen LogP) is 5.84. The third-order valence-corrected chi connectivity index (χ3v) is 8.79. The topological polar surface area (TPSA) is 96.0 Å². The Morgan fingerprint density at radius 1 is 0.927 bits per heavy atom. The molecule has 0 aliphatic heterocycles. The number of benzene rings is 3. The van der Waals surface area contributed by atoms with Crippen LogP contribution in [-0.4, -0.2) is 50.4 Å². The Labute approximate surface area is 252 Å². The number of aryl methyl sites for hydroxylation is 1. The van der Waals surface area contributed by atoms with Gasteiger partial charge in [0.25, 0.3) is 10.0 Å². The molecule has 3 rings (SSSR count). The molecule has 1 N–H and O–H groups in total. The fourth-order valence-electron chi connectivity index (χ4n) is 4.06. The average Bonchev–Trinajstić information content (AvgIpc) is 2.92. The molecular formula is C30H35Cl2N3O5S. The highest BCUT2D eigenvalue weighted by Crippen LogP contribution is 2.28. The number of ether oxygens (including phenoxy) is 1. The molecule has 0 spiro atoms. The van der Waals surface area contributed by atoms with Crippen molar-refractivity contribution in [2.45, 2.75) is 58.1 Å². The zero-order valence-corrected chi connectivity index (χ0v) is 26.1. The van der Waals surface area contributed by atoms with E-state index in [4.69, 9.17) is 27.9 Å². The smallest absolute Gasteiger partial charge is 0.264 e. The number of rotatable bonds is 12. The van der Waals surface area contributed by atoms with E-state index in [2.05, 4.69) is 5.32 Å². The van der Waals surface area contributed by atoms with Crippen LogP contribution in [0, 0.1) is 6.92 Å². The molecule has 41 heavy (non-hydrogen) atoms. The van der Waals surface area contributed by atoms with Crippen LogP contribution in [0.4, 0.5) is 5.69 Å². The SMILES string of the molecule is CCOc1ccc(N(CC(=O)N(Cc2ccc(Cl)c(Cl)c2)[C@@H](C)C(=O)NC(C)C)S(=O)(=O)c2ccc(C)cc2)cc1. The number of nitrogens with zero attached hydrogens (tertiary/aromatic N) is 2. The average molecular weight is 621 g/mol. The summed E-state index contributed by atoms with van der Waals surface area (Å²) in [6.07, 6.45) is 0. The first-order valence-electron chi connectivity index (χ1n) is 13.2. The summed E-state index contributed by atoms with van der Waals surface area (Å²) < 4.78 is 34.4. The van der Waals surface area contributed by atoms with Crippen LogP contribution in [0.15, 0.2) is 71.6 Å². The number of halogens is 2. The van der Waals surface area contributed by atoms with Gasteiger partial charge in [0.15, 0.2) is 0 Å². The van der Waals surface area contributed by atoms with Crippen LogP contribution in [0.2, 0.25) is 10.0 Å². The van der Waals surface area contributed by atoms with Crippen molar-refractivity contribution in [1.29, 1.82) is 0 Å². The molecule has 8 nitrogen and oxygen atoms in total. The zero-order chi connectivity index (χ0) is 30.3. The van der Waals surface area contributed by atoms with E-state index >= 15 is 0 Å². The van der Waals surface area contributed by atoms with E-state index in [0.29, 0.717) is 28.0 Å². The highest BCUT2D eigenvalue weighted by molar-refractivity contribution is 7.92. The number of nitrogens with one attached hydrogen (secondary N) is 1. The van der Waals surface area contributed by atoms with Crippen molar-refractivity contribution < 1.29 is 22.7 Å². The van der Waals surface area contributed by atoms with Gasteiger partial charge in [-0.1, -0.05) is 47.0 Å². The largest absolute Gasteiger partial charge is 0.494 e. The van der Waals surface area contributed by atoms with Gasteiger partial charge in [0.1, 0.15) is 18.3 Å². The van der Waals surface area contributed by atoms with E-state index in [9.17, 15) is 18.0 Å². The molecule has 11 heteroatoms. The third kappa shape index (κ3) is 8.38. The number of hydrogen-bond acceptors (Lipinski definition) is 5. The lowest BCUT2D eigenvalue weighted by Crippen LogP contribution is -2.52. The van der Waals surface area contributed by atoms with Gasteiger partial charge in [-0.3, -0.25) is 13.9 Å². The van der Waals surface area contributed by atoms with Crippen molar-refractivity contribution in [2.24, 2.45) is 0 Å². The maximum Gasteiger partial charge on any atom is 0.264 e. The van der Waals surface area contributed by atoms with E-state index in [0.717, 1.165) is 9.87 Å². The first kappa shape index (κ1) is 32.2. The third-order valence-electron chi connectivity index (χ3n) is 6.26. The Morgan fingerprint density at radius 2 is 1.56 bits per heavy atom. The van der Waals surface area contributed by atoms with Crippen molar-refractivity contribution in [3.63, 3.8) is 0 Å². The van der Waals surface area contributed by atoms with Gasteiger partial charge in [0.2, 0.25) is 11.8 Å². The van der Waals surface area contributed by atoms with Crippen LogP contribution >= 0.6 is 23.2 Å². The van der Waals surface area contributed by atoms with Crippen molar-refractivity contribution in [3.8, 4) is 5.75 Å². The Balaban J connectivity index is 2.04. The quantitative estimate of drug-likeness (QED) is 0.275. The normalized spacial score (nSPS) is 12.1. The van der Waals surface area contributed by atoms with Gasteiger partial charge in [0.05, 0.1) is 27.2 Å². The van der Waals surface area contributed by atoms with E-state index in [1.165, 1.54) is 17.0 Å². The number of amides is 2. The molecule has 0 aliphatic carbocycles. The molecule has 0 saturated carbocycles. The van der Waals surface area contributed by atoms with Crippen LogP contribution in [-0.2, 0) is 26.2 Å². The number of hydrogen-bond donors (Lipinski definition) is 1. The van der Waals surface area contributed by atoms with Crippen molar-refractivity contribution in [3.05, 3.63) is 87.9 Å². The highest BCUT2D eigenvalue weighted by atomic mass is 35.5. The second-order valence-electron chi connectivity index (χ2n) is 9.86. The summed E-state index contributed by atoms with van der Waals surface area (Å²) in [4.78, 5) is 28.4. The molecular weight excluding hydrogens is 585 g/mol. The van der Waals surface area contributed by atoms with Gasteiger partial charge in [-0.25, -0.2) is 8.42 Å². The molecule has 0 aliphatic rings. The Bertz CT molecular complexity index is 1460. The summed E-state index contributed by atoms with van der Waals surface area (Å²) >= 11 is 12.3. The lowest BCUT2D eigenvalue weighted by Gasteiger charge is -2.32. The minimum Gasteiger partial charge on any atom is -0.494 e. The lowest BCUT2D eigenvalue weighted by molar-refractivity contribution is -0.139. The van der Waals surface area contributed by atoms with Crippen LogP contribution in [0.1, 0.15) is 38.8 Å². The lowest BCUT2D eigenvalue weighted by atomic mass is 10.1. The molecule has 3 aromatic rings. The van der Waals surface area contributed by atoms with Gasteiger partial charge in [0, 0.05) is 12.6 Å². The summed E-state index contributed by atoms with van der Waals surface area (Å²) in [5, 5.41) is 3.47. The standard InChI is InChI=1S/C30H35Cl2N3O5S/c1-6-40-25-12-10-24(11-13-25)35(41(38,39)26-14-7-21(4)8-15-26)19-29(36)34(22(5)30(37)33-20(2)3)18-23-9-16-27(31)28(32)17-23/h7-17,20,22H,6,18-19H2,1-5H3,(H,33,37)/t22-/m0/s1. The molecule has 0 heterocycles. The van der Waals surface area contributed by atoms with Gasteiger partial charge in [-0.05, 0) is 88.7 Å². The van der Waals surface area contributed by atoms with Crippen molar-refractivity contribution in [1.82, 2.24) is 10.2 Å². The number of carbonyl (C=O) groups excluding carboxylic acids is 2. The molecule has 2 amide bonds. The Kier molecular flexibility index (Phi) is 11.1. The summed E-state index contributed by atoms with van der Waals surface area (Å²) in [6, 6.07) is 16.7. The van der Waals surface area contributed by atoms with Gasteiger partial charge in [-0.15, -0.1) is 0 Å². The van der Waals surface area contributed by atoms with Crippen molar-refractivity contribution in [2.75, 3.05) is 17.5 Å². The van der Waals surface area contributed by atoms with Gasteiger partial charge >= 0.3 is 0 Å². The van der Waals surface area contributed by atoms with E-state index in [1.807, 2.05) is 27.7 Å². The number of sulfonamides is 1. The Hall–Kier alpha value is -3.27. The number of anilines is 1. The predicted molar refractivity (Wildman–Crippen MR) is 163 cm³/mol. The fourth-order valence-corrected chi connectivity index (χ4v) is 5.80. The maximum absolute atomic E-state index is 14.0. The molecule has 3 aromatic carbocycles. The summed E-state index contributed by atoms with van der Waals surface area (Å²) in [5.74, 6) is -0.384. The summed E-state index contributed by atoms with van der Waals surface area (Å²) in [7, 11) is -4.17. The monoisotopic (exact) mass is 619 g/mol. The van der Waals surface area contributed by atoms with E-state index in [-0.39, 0.29) is 29.1 Å². The maximum atomic E-state index is 14.0. The fraction of sp³-hybridized carbons (Fsp3) is 0.333. The van der Waals surface area contributed by atoms with Gasteiger partial charge in [-0.2, -0.15) is 0 Å². The summed E-state index contributed by atoms with van der Waals surface area (Å²) in [5.41, 5.74) is 1.80. The molecule has 0 aromatic heterocycles.